The van der Waals surface area contributed by atoms with E-state index in [2.05, 4.69) is 5.32 Å². The van der Waals surface area contributed by atoms with Gasteiger partial charge in [-0.2, -0.15) is 0 Å². The molecule has 0 spiro atoms. The molecule has 6 heteroatoms. The number of carbonyl (C=O) groups excluding carboxylic acids is 1. The topological polar surface area (TPSA) is 69.6 Å². The third-order valence-electron chi connectivity index (χ3n) is 3.13. The molecule has 0 aliphatic carbocycles. The van der Waals surface area contributed by atoms with E-state index >= 15 is 0 Å². The van der Waals surface area contributed by atoms with Crippen LogP contribution in [0.15, 0.2) is 18.2 Å². The molecule has 1 saturated heterocycles. The molecule has 1 aromatic carbocycles. The van der Waals surface area contributed by atoms with Crippen LogP contribution in [0.2, 0.25) is 0 Å². The lowest BCUT2D eigenvalue weighted by atomic mass is 10.0. The molecule has 0 radical (unpaired) electrons. The first kappa shape index (κ1) is 13.5. The number of carbonyl (C=O) groups is 2. The van der Waals surface area contributed by atoms with Crippen molar-refractivity contribution >= 4 is 17.6 Å². The molecule has 1 amide bonds. The number of nitrogens with one attached hydrogen (secondary N) is 1. The SMILES string of the molecule is Cc1ccc(NC(=O)CN2CC(C(=O)O)C2)cc1F. The Kier molecular flexibility index (Phi) is 3.80. The minimum absolute atomic E-state index is 0.124. The van der Waals surface area contributed by atoms with Gasteiger partial charge in [0.05, 0.1) is 12.5 Å². The molecule has 1 aliphatic rings. The summed E-state index contributed by atoms with van der Waals surface area (Å²) in [4.78, 5) is 24.0. The molecule has 1 heterocycles. The van der Waals surface area contributed by atoms with E-state index in [1.54, 1.807) is 24.0 Å². The summed E-state index contributed by atoms with van der Waals surface area (Å²) in [6, 6.07) is 4.49. The normalized spacial score (nSPS) is 15.9. The Labute approximate surface area is 110 Å². The highest BCUT2D eigenvalue weighted by atomic mass is 19.1. The minimum atomic E-state index is -0.836. The van der Waals surface area contributed by atoms with E-state index in [4.69, 9.17) is 5.11 Å². The number of carboxylic acid groups (broad SMARTS) is 1. The monoisotopic (exact) mass is 266 g/mol. The quantitative estimate of drug-likeness (QED) is 0.856. The predicted octanol–water partition coefficient (Wildman–Crippen LogP) is 1.09. The summed E-state index contributed by atoms with van der Waals surface area (Å²) in [7, 11) is 0. The summed E-state index contributed by atoms with van der Waals surface area (Å²) in [5.74, 6) is -1.86. The van der Waals surface area contributed by atoms with Crippen molar-refractivity contribution < 1.29 is 19.1 Å². The molecule has 2 N–H and O–H groups in total. The van der Waals surface area contributed by atoms with Gasteiger partial charge in [-0.05, 0) is 24.6 Å². The number of anilines is 1. The van der Waals surface area contributed by atoms with Crippen molar-refractivity contribution in [2.75, 3.05) is 25.0 Å². The number of carboxylic acids is 1. The van der Waals surface area contributed by atoms with Gasteiger partial charge < -0.3 is 10.4 Å². The van der Waals surface area contributed by atoms with Crippen LogP contribution in [0, 0.1) is 18.7 Å². The zero-order valence-corrected chi connectivity index (χ0v) is 10.5. The van der Waals surface area contributed by atoms with Gasteiger partial charge in [0.25, 0.3) is 0 Å². The van der Waals surface area contributed by atoms with Gasteiger partial charge in [-0.3, -0.25) is 14.5 Å². The molecule has 5 nitrogen and oxygen atoms in total. The Balaban J connectivity index is 1.82. The maximum absolute atomic E-state index is 13.3. The van der Waals surface area contributed by atoms with Crippen molar-refractivity contribution in [3.8, 4) is 0 Å². The standard InChI is InChI=1S/C13H15FN2O3/c1-8-2-3-10(4-11(8)14)15-12(17)7-16-5-9(6-16)13(18)19/h2-4,9H,5-7H2,1H3,(H,15,17)(H,18,19). The lowest BCUT2D eigenvalue weighted by Crippen LogP contribution is -2.52. The molecule has 0 atom stereocenters. The van der Waals surface area contributed by atoms with E-state index in [0.717, 1.165) is 0 Å². The Morgan fingerprint density at radius 3 is 2.74 bits per heavy atom. The van der Waals surface area contributed by atoms with Gasteiger partial charge in [0.15, 0.2) is 0 Å². The molecule has 19 heavy (non-hydrogen) atoms. The molecule has 1 aliphatic heterocycles. The zero-order valence-electron chi connectivity index (χ0n) is 10.5. The van der Waals surface area contributed by atoms with Crippen LogP contribution < -0.4 is 5.32 Å². The van der Waals surface area contributed by atoms with Crippen LogP contribution in [0.25, 0.3) is 0 Å². The highest BCUT2D eigenvalue weighted by Crippen LogP contribution is 2.16. The highest BCUT2D eigenvalue weighted by Gasteiger charge is 2.33. The number of hydrogen-bond acceptors (Lipinski definition) is 3. The van der Waals surface area contributed by atoms with Crippen molar-refractivity contribution in [2.24, 2.45) is 5.92 Å². The fourth-order valence-corrected chi connectivity index (χ4v) is 1.93. The zero-order chi connectivity index (χ0) is 14.0. The summed E-state index contributed by atoms with van der Waals surface area (Å²) in [6.45, 7) is 2.53. The van der Waals surface area contributed by atoms with Gasteiger partial charge in [0, 0.05) is 18.8 Å². The highest BCUT2D eigenvalue weighted by molar-refractivity contribution is 5.92. The number of benzene rings is 1. The van der Waals surface area contributed by atoms with E-state index in [1.807, 2.05) is 0 Å². The van der Waals surface area contributed by atoms with Crippen LogP contribution in [-0.2, 0) is 9.59 Å². The first-order valence-electron chi connectivity index (χ1n) is 5.97. The summed E-state index contributed by atoms with van der Waals surface area (Å²) < 4.78 is 13.3. The average molecular weight is 266 g/mol. The molecule has 102 valence electrons. The lowest BCUT2D eigenvalue weighted by Gasteiger charge is -2.35. The van der Waals surface area contributed by atoms with Crippen molar-refractivity contribution in [3.05, 3.63) is 29.6 Å². The van der Waals surface area contributed by atoms with E-state index in [-0.39, 0.29) is 24.2 Å². The fraction of sp³-hybridized carbons (Fsp3) is 0.385. The lowest BCUT2D eigenvalue weighted by molar-refractivity contribution is -0.148. The fourth-order valence-electron chi connectivity index (χ4n) is 1.93. The second-order valence-corrected chi connectivity index (χ2v) is 4.74. The average Bonchev–Trinajstić information content (AvgIpc) is 2.27. The second kappa shape index (κ2) is 5.36. The van der Waals surface area contributed by atoms with Crippen LogP contribution in [0.3, 0.4) is 0 Å². The Morgan fingerprint density at radius 2 is 2.16 bits per heavy atom. The number of aryl methyl sites for hydroxylation is 1. The summed E-state index contributed by atoms with van der Waals surface area (Å²) in [5.41, 5.74) is 0.924. The molecular formula is C13H15FN2O3. The number of likely N-dealkylation sites (tertiary alicyclic amines) is 1. The first-order chi connectivity index (χ1) is 8.95. The Morgan fingerprint density at radius 1 is 1.47 bits per heavy atom. The maximum atomic E-state index is 13.3. The molecule has 0 saturated carbocycles. The number of aliphatic carboxylic acids is 1. The van der Waals surface area contributed by atoms with Crippen LogP contribution >= 0.6 is 0 Å². The van der Waals surface area contributed by atoms with Gasteiger partial charge in [-0.15, -0.1) is 0 Å². The summed E-state index contributed by atoms with van der Waals surface area (Å²) in [6.07, 6.45) is 0. The van der Waals surface area contributed by atoms with Gasteiger partial charge in [0.1, 0.15) is 5.82 Å². The van der Waals surface area contributed by atoms with Crippen LogP contribution in [0.5, 0.6) is 0 Å². The third kappa shape index (κ3) is 3.29. The number of rotatable bonds is 4. The number of amides is 1. The molecule has 0 bridgehead atoms. The largest absolute Gasteiger partial charge is 0.481 e. The van der Waals surface area contributed by atoms with Gasteiger partial charge in [0.2, 0.25) is 5.91 Å². The molecule has 1 aromatic rings. The van der Waals surface area contributed by atoms with Crippen molar-refractivity contribution in [3.63, 3.8) is 0 Å². The molecule has 0 aromatic heterocycles. The second-order valence-electron chi connectivity index (χ2n) is 4.74. The van der Waals surface area contributed by atoms with Gasteiger partial charge in [-0.25, -0.2) is 4.39 Å². The van der Waals surface area contributed by atoms with E-state index in [0.29, 0.717) is 24.3 Å². The van der Waals surface area contributed by atoms with Crippen LogP contribution in [0.4, 0.5) is 10.1 Å². The van der Waals surface area contributed by atoms with Crippen LogP contribution in [0.1, 0.15) is 5.56 Å². The van der Waals surface area contributed by atoms with E-state index < -0.39 is 5.97 Å². The third-order valence-corrected chi connectivity index (χ3v) is 3.13. The smallest absolute Gasteiger partial charge is 0.309 e. The predicted molar refractivity (Wildman–Crippen MR) is 67.3 cm³/mol. The summed E-state index contributed by atoms with van der Waals surface area (Å²) >= 11 is 0. The number of hydrogen-bond donors (Lipinski definition) is 2. The molecule has 0 unspecified atom stereocenters. The Bertz CT molecular complexity index is 513. The van der Waals surface area contributed by atoms with Crippen molar-refractivity contribution in [2.45, 2.75) is 6.92 Å². The van der Waals surface area contributed by atoms with Crippen LogP contribution in [-0.4, -0.2) is 41.5 Å². The molecule has 2 rings (SSSR count). The van der Waals surface area contributed by atoms with E-state index in [9.17, 15) is 14.0 Å². The molecular weight excluding hydrogens is 251 g/mol. The minimum Gasteiger partial charge on any atom is -0.481 e. The maximum Gasteiger partial charge on any atom is 0.309 e. The number of nitrogens with zero attached hydrogens (tertiary/aromatic N) is 1. The van der Waals surface area contributed by atoms with Gasteiger partial charge in [-0.1, -0.05) is 6.07 Å². The molecule has 1 fully saturated rings. The summed E-state index contributed by atoms with van der Waals surface area (Å²) in [5, 5.41) is 11.3. The van der Waals surface area contributed by atoms with Gasteiger partial charge >= 0.3 is 5.97 Å². The number of halogens is 1. The Hall–Kier alpha value is -1.95. The first-order valence-corrected chi connectivity index (χ1v) is 5.97. The van der Waals surface area contributed by atoms with Crippen molar-refractivity contribution in [1.29, 1.82) is 0 Å². The van der Waals surface area contributed by atoms with Crippen molar-refractivity contribution in [1.82, 2.24) is 4.90 Å². The van der Waals surface area contributed by atoms with E-state index in [1.165, 1.54) is 6.07 Å².